The van der Waals surface area contributed by atoms with Gasteiger partial charge in [0.1, 0.15) is 5.01 Å². The van der Waals surface area contributed by atoms with Crippen LogP contribution in [0.5, 0.6) is 0 Å². The number of imide groups is 1. The lowest BCUT2D eigenvalue weighted by Crippen LogP contribution is -2.42. The van der Waals surface area contributed by atoms with Crippen molar-refractivity contribution in [1.82, 2.24) is 9.88 Å². The van der Waals surface area contributed by atoms with Gasteiger partial charge in [0.05, 0.1) is 28.4 Å². The molecule has 3 aromatic rings. The normalized spacial score (nSPS) is 20.8. The van der Waals surface area contributed by atoms with E-state index in [1.165, 1.54) is 28.0 Å². The van der Waals surface area contributed by atoms with Crippen LogP contribution in [0.25, 0.3) is 20.8 Å². The molecule has 0 spiro atoms. The highest BCUT2D eigenvalue weighted by atomic mass is 32.1. The molecule has 6 heteroatoms. The van der Waals surface area contributed by atoms with Crippen LogP contribution in [-0.2, 0) is 9.59 Å². The Morgan fingerprint density at radius 1 is 0.967 bits per heavy atom. The zero-order valence-corrected chi connectivity index (χ0v) is 18.0. The Kier molecular flexibility index (Phi) is 5.13. The number of benzene rings is 2. The molecule has 5 rings (SSSR count). The number of anilines is 1. The van der Waals surface area contributed by atoms with Crippen molar-refractivity contribution in [2.45, 2.75) is 45.1 Å². The molecule has 0 saturated carbocycles. The summed E-state index contributed by atoms with van der Waals surface area (Å²) in [5.41, 5.74) is 3.87. The van der Waals surface area contributed by atoms with Crippen molar-refractivity contribution in [3.63, 3.8) is 0 Å². The summed E-state index contributed by atoms with van der Waals surface area (Å²) in [6.07, 6.45) is 4.92. The molecule has 0 bridgehead atoms. The van der Waals surface area contributed by atoms with Gasteiger partial charge in [-0.05, 0) is 74.8 Å². The third kappa shape index (κ3) is 3.55. The number of nitrogens with zero attached hydrogens (tertiary/aromatic N) is 3. The lowest BCUT2D eigenvalue weighted by Gasteiger charge is -2.25. The van der Waals surface area contributed by atoms with Gasteiger partial charge in [-0.2, -0.15) is 0 Å². The Bertz CT molecular complexity index is 1100. The first-order valence-corrected chi connectivity index (χ1v) is 11.5. The topological polar surface area (TPSA) is 53.5 Å². The van der Waals surface area contributed by atoms with Crippen LogP contribution in [0.15, 0.2) is 42.5 Å². The molecule has 2 aliphatic heterocycles. The van der Waals surface area contributed by atoms with Crippen molar-refractivity contribution in [3.05, 3.63) is 48.0 Å². The monoisotopic (exact) mass is 419 g/mol. The van der Waals surface area contributed by atoms with Crippen molar-refractivity contribution in [2.75, 3.05) is 18.0 Å². The Hall–Kier alpha value is -2.57. The molecule has 5 nitrogen and oxygen atoms in total. The van der Waals surface area contributed by atoms with E-state index in [2.05, 4.69) is 24.0 Å². The lowest BCUT2D eigenvalue weighted by molar-refractivity contribution is -0.122. The van der Waals surface area contributed by atoms with Crippen LogP contribution >= 0.6 is 11.3 Å². The van der Waals surface area contributed by atoms with Gasteiger partial charge in [-0.15, -0.1) is 11.3 Å². The first kappa shape index (κ1) is 19.4. The predicted molar refractivity (Wildman–Crippen MR) is 121 cm³/mol. The molecule has 2 aliphatic rings. The van der Waals surface area contributed by atoms with Gasteiger partial charge in [0.25, 0.3) is 5.91 Å². The van der Waals surface area contributed by atoms with Gasteiger partial charge in [-0.25, -0.2) is 9.88 Å². The number of hydrogen-bond acceptors (Lipinski definition) is 5. The molecule has 154 valence electrons. The van der Waals surface area contributed by atoms with Gasteiger partial charge < -0.3 is 0 Å². The minimum Gasteiger partial charge on any atom is -0.292 e. The van der Waals surface area contributed by atoms with E-state index < -0.39 is 0 Å². The fourth-order valence-corrected chi connectivity index (χ4v) is 5.56. The van der Waals surface area contributed by atoms with Gasteiger partial charge in [0, 0.05) is 5.56 Å². The summed E-state index contributed by atoms with van der Waals surface area (Å²) in [6, 6.07) is 13.6. The van der Waals surface area contributed by atoms with Crippen LogP contribution in [0.4, 0.5) is 5.69 Å². The van der Waals surface area contributed by atoms with Crippen molar-refractivity contribution in [3.8, 4) is 10.6 Å². The maximum absolute atomic E-state index is 13.1. The fourth-order valence-electron chi connectivity index (χ4n) is 4.49. The number of fused-ring (bicyclic) bond motifs is 1. The van der Waals surface area contributed by atoms with E-state index in [1.54, 1.807) is 11.3 Å². The van der Waals surface area contributed by atoms with E-state index >= 15 is 0 Å². The van der Waals surface area contributed by atoms with Crippen molar-refractivity contribution < 1.29 is 9.59 Å². The molecule has 2 saturated heterocycles. The van der Waals surface area contributed by atoms with Crippen molar-refractivity contribution in [2.24, 2.45) is 0 Å². The maximum Gasteiger partial charge on any atom is 0.251 e. The summed E-state index contributed by atoms with van der Waals surface area (Å²) in [5.74, 6) is -0.178. The summed E-state index contributed by atoms with van der Waals surface area (Å²) < 4.78 is 1.17. The summed E-state index contributed by atoms with van der Waals surface area (Å²) >= 11 is 1.66. The van der Waals surface area contributed by atoms with Crippen LogP contribution in [0.3, 0.4) is 0 Å². The minimum absolute atomic E-state index is 0.0786. The quantitative estimate of drug-likeness (QED) is 0.574. The highest BCUT2D eigenvalue weighted by Gasteiger charge is 2.42. The Balaban J connectivity index is 1.38. The first-order valence-electron chi connectivity index (χ1n) is 10.7. The van der Waals surface area contributed by atoms with E-state index in [1.807, 2.05) is 30.3 Å². The standard InChI is InChI=1S/C24H25N3O2S/c1-16-6-11-19-21(14-16)30-23(25-19)17-7-9-18(10-8-17)27-22(28)15-20(24(27)29)26-12-4-2-3-5-13-26/h6-11,14,20H,2-5,12-13,15H2,1H3/t20-/m1/s1. The Morgan fingerprint density at radius 2 is 1.70 bits per heavy atom. The number of carbonyl (C=O) groups is 2. The second-order valence-corrected chi connectivity index (χ2v) is 9.31. The molecule has 1 aromatic heterocycles. The number of carbonyl (C=O) groups excluding carboxylic acids is 2. The van der Waals surface area contributed by atoms with Crippen LogP contribution in [-0.4, -0.2) is 40.8 Å². The van der Waals surface area contributed by atoms with E-state index in [9.17, 15) is 9.59 Å². The molecule has 0 N–H and O–H groups in total. The Morgan fingerprint density at radius 3 is 2.43 bits per heavy atom. The van der Waals surface area contributed by atoms with E-state index in [-0.39, 0.29) is 24.3 Å². The number of amides is 2. The molecule has 0 unspecified atom stereocenters. The zero-order chi connectivity index (χ0) is 20.7. The smallest absolute Gasteiger partial charge is 0.251 e. The SMILES string of the molecule is Cc1ccc2nc(-c3ccc(N4C(=O)C[C@@H](N5CCCCCC5)C4=O)cc3)sc2c1. The minimum atomic E-state index is -0.303. The van der Waals surface area contributed by atoms with Crippen LogP contribution in [0.1, 0.15) is 37.7 Å². The first-order chi connectivity index (χ1) is 14.6. The van der Waals surface area contributed by atoms with E-state index in [0.717, 1.165) is 42.0 Å². The number of aromatic nitrogens is 1. The molecule has 1 atom stereocenters. The van der Waals surface area contributed by atoms with Gasteiger partial charge in [0.2, 0.25) is 5.91 Å². The number of hydrogen-bond donors (Lipinski definition) is 0. The molecule has 0 radical (unpaired) electrons. The molecular formula is C24H25N3O2S. The number of rotatable bonds is 3. The van der Waals surface area contributed by atoms with Crippen LogP contribution in [0.2, 0.25) is 0 Å². The predicted octanol–water partition coefficient (Wildman–Crippen LogP) is 4.78. The van der Waals surface area contributed by atoms with Crippen LogP contribution < -0.4 is 4.90 Å². The average Bonchev–Trinajstić information content (AvgIpc) is 3.16. The van der Waals surface area contributed by atoms with Crippen molar-refractivity contribution in [1.29, 1.82) is 0 Å². The van der Waals surface area contributed by atoms with E-state index in [4.69, 9.17) is 4.98 Å². The number of aryl methyl sites for hydroxylation is 1. The zero-order valence-electron chi connectivity index (χ0n) is 17.1. The molecule has 2 amide bonds. The maximum atomic E-state index is 13.1. The van der Waals surface area contributed by atoms with Crippen molar-refractivity contribution >= 4 is 39.1 Å². The summed E-state index contributed by atoms with van der Waals surface area (Å²) in [6.45, 7) is 3.90. The number of likely N-dealkylation sites (tertiary alicyclic amines) is 1. The van der Waals surface area contributed by atoms with Gasteiger partial charge >= 0.3 is 0 Å². The fraction of sp³-hybridized carbons (Fsp3) is 0.375. The largest absolute Gasteiger partial charge is 0.292 e. The molecular weight excluding hydrogens is 394 g/mol. The molecule has 30 heavy (non-hydrogen) atoms. The third-order valence-corrected chi connectivity index (χ3v) is 7.19. The van der Waals surface area contributed by atoms with Gasteiger partial charge in [0.15, 0.2) is 0 Å². The average molecular weight is 420 g/mol. The molecule has 0 aliphatic carbocycles. The second kappa shape index (κ2) is 7.93. The molecule has 3 heterocycles. The Labute approximate surface area is 180 Å². The number of thiazole rings is 1. The van der Waals surface area contributed by atoms with Crippen LogP contribution in [0, 0.1) is 6.92 Å². The molecule has 2 aromatic carbocycles. The third-order valence-electron chi connectivity index (χ3n) is 6.12. The molecule has 2 fully saturated rings. The summed E-state index contributed by atoms with van der Waals surface area (Å²) in [4.78, 5) is 34.1. The second-order valence-electron chi connectivity index (χ2n) is 8.27. The highest BCUT2D eigenvalue weighted by molar-refractivity contribution is 7.21. The van der Waals surface area contributed by atoms with E-state index in [0.29, 0.717) is 5.69 Å². The summed E-state index contributed by atoms with van der Waals surface area (Å²) in [7, 11) is 0. The lowest BCUT2D eigenvalue weighted by atomic mass is 10.2. The highest BCUT2D eigenvalue weighted by Crippen LogP contribution is 2.33. The van der Waals surface area contributed by atoms with Gasteiger partial charge in [-0.3, -0.25) is 14.5 Å². The van der Waals surface area contributed by atoms with Gasteiger partial charge in [-0.1, -0.05) is 18.9 Å². The summed E-state index contributed by atoms with van der Waals surface area (Å²) in [5, 5.41) is 0.948.